The second kappa shape index (κ2) is 8.78. The minimum Gasteiger partial charge on any atom is -0.497 e. The lowest BCUT2D eigenvalue weighted by atomic mass is 9.92. The minimum absolute atomic E-state index is 0.0623. The number of hydrogen-bond donors (Lipinski definition) is 1. The summed E-state index contributed by atoms with van der Waals surface area (Å²) in [5, 5.41) is 4.08. The molecule has 2 heterocycles. The monoisotopic (exact) mass is 463 g/mol. The Bertz CT molecular complexity index is 1250. The summed E-state index contributed by atoms with van der Waals surface area (Å²) in [4.78, 5) is 29.1. The fraction of sp³-hybridized carbons (Fsp3) is 0.407. The highest BCUT2D eigenvalue weighted by Gasteiger charge is 2.49. The maximum Gasteiger partial charge on any atom is 0.276 e. The van der Waals surface area contributed by atoms with E-state index in [1.165, 1.54) is 23.8 Å². The Hall–Kier alpha value is -3.35. The van der Waals surface area contributed by atoms with Crippen LogP contribution in [0.25, 0.3) is 10.9 Å². The van der Waals surface area contributed by atoms with Crippen LogP contribution in [0.1, 0.15) is 55.9 Å². The molecule has 0 saturated heterocycles. The molecule has 5 rings (SSSR count). The average molecular weight is 464 g/mol. The van der Waals surface area contributed by atoms with Crippen molar-refractivity contribution in [2.24, 2.45) is 0 Å². The van der Waals surface area contributed by atoms with Gasteiger partial charge in [-0.15, -0.1) is 0 Å². The Labute approximate surface area is 198 Å². The summed E-state index contributed by atoms with van der Waals surface area (Å²) in [5.74, 6) is -0.519. The molecule has 0 spiro atoms. The van der Waals surface area contributed by atoms with E-state index in [2.05, 4.69) is 5.32 Å². The molecule has 2 aliphatic rings. The number of para-hydroxylation sites is 1. The Morgan fingerprint density at radius 2 is 1.82 bits per heavy atom. The van der Waals surface area contributed by atoms with E-state index in [0.717, 1.165) is 36.6 Å². The highest BCUT2D eigenvalue weighted by molar-refractivity contribution is 6.14. The zero-order valence-corrected chi connectivity index (χ0v) is 19.6. The summed E-state index contributed by atoms with van der Waals surface area (Å²) in [6.45, 7) is 1.94. The van der Waals surface area contributed by atoms with E-state index < -0.39 is 17.3 Å². The molecule has 178 valence electrons. The molecule has 0 bridgehead atoms. The van der Waals surface area contributed by atoms with Gasteiger partial charge in [0.05, 0.1) is 24.9 Å². The Morgan fingerprint density at radius 3 is 2.53 bits per heavy atom. The molecule has 1 aromatic heterocycles. The van der Waals surface area contributed by atoms with Crippen LogP contribution in [0.4, 0.5) is 10.1 Å². The highest BCUT2D eigenvalue weighted by Crippen LogP contribution is 2.38. The summed E-state index contributed by atoms with van der Waals surface area (Å²) in [6, 6.07) is 13.6. The Kier molecular flexibility index (Phi) is 5.80. The number of nitrogens with one attached hydrogen (secondary N) is 1. The van der Waals surface area contributed by atoms with Crippen LogP contribution in [0.2, 0.25) is 0 Å². The van der Waals surface area contributed by atoms with Crippen LogP contribution in [0.3, 0.4) is 0 Å². The number of ether oxygens (including phenoxy) is 1. The van der Waals surface area contributed by atoms with Crippen LogP contribution >= 0.6 is 0 Å². The smallest absolute Gasteiger partial charge is 0.276 e. The minimum atomic E-state index is -1.31. The van der Waals surface area contributed by atoms with Gasteiger partial charge < -0.3 is 14.6 Å². The van der Waals surface area contributed by atoms with Crippen LogP contribution in [0.5, 0.6) is 5.75 Å². The quantitative estimate of drug-likeness (QED) is 0.551. The molecule has 1 fully saturated rings. The van der Waals surface area contributed by atoms with Gasteiger partial charge in [0, 0.05) is 17.5 Å². The number of rotatable bonds is 4. The molecule has 1 atom stereocenters. The van der Waals surface area contributed by atoms with Gasteiger partial charge in [0.2, 0.25) is 5.91 Å². The number of hydrogen-bond acceptors (Lipinski definition) is 3. The van der Waals surface area contributed by atoms with E-state index in [1.54, 1.807) is 38.3 Å². The van der Waals surface area contributed by atoms with E-state index in [4.69, 9.17) is 4.74 Å². The van der Waals surface area contributed by atoms with Gasteiger partial charge in [-0.25, -0.2) is 4.39 Å². The average Bonchev–Trinajstić information content (AvgIpc) is 2.99. The lowest BCUT2D eigenvalue weighted by Crippen LogP contribution is -2.65. The summed E-state index contributed by atoms with van der Waals surface area (Å²) in [5.41, 5.74) is 0.0314. The predicted octanol–water partition coefficient (Wildman–Crippen LogP) is 5.05. The molecule has 1 N–H and O–H groups in total. The van der Waals surface area contributed by atoms with E-state index >= 15 is 0 Å². The van der Waals surface area contributed by atoms with Crippen molar-refractivity contribution in [3.63, 3.8) is 0 Å². The van der Waals surface area contributed by atoms with Gasteiger partial charge in [-0.2, -0.15) is 0 Å². The molecule has 0 radical (unpaired) electrons. The molecule has 2 amide bonds. The van der Waals surface area contributed by atoms with E-state index in [1.807, 2.05) is 22.8 Å². The molecule has 6 nitrogen and oxygen atoms in total. The van der Waals surface area contributed by atoms with Crippen molar-refractivity contribution in [1.29, 1.82) is 0 Å². The molecule has 1 aliphatic carbocycles. The summed E-state index contributed by atoms with van der Waals surface area (Å²) < 4.78 is 22.3. The van der Waals surface area contributed by atoms with E-state index in [0.29, 0.717) is 11.4 Å². The molecular weight excluding hydrogens is 433 g/mol. The van der Waals surface area contributed by atoms with Gasteiger partial charge in [0.15, 0.2) is 0 Å². The van der Waals surface area contributed by atoms with Crippen molar-refractivity contribution in [3.05, 3.63) is 60.0 Å². The molecule has 3 aromatic rings. The number of anilines is 1. The standard InChI is InChI=1S/C27H30FN3O3/c1-27(26(33)29-19-9-5-3-4-6-10-19)17-30-23-16-20(34-2)14-13-18(23)15-24(30)25(32)31(27)22-12-8-7-11-21(22)28/h7-8,11-16,19H,3-6,9-10,17H2,1-2H3,(H,29,33)/t27-/m0/s1. The lowest BCUT2D eigenvalue weighted by Gasteiger charge is -2.44. The van der Waals surface area contributed by atoms with Crippen LogP contribution < -0.4 is 15.0 Å². The van der Waals surface area contributed by atoms with Crippen LogP contribution in [-0.4, -0.2) is 35.1 Å². The first-order valence-corrected chi connectivity index (χ1v) is 12.0. The van der Waals surface area contributed by atoms with Gasteiger partial charge in [-0.05, 0) is 50.1 Å². The fourth-order valence-corrected chi connectivity index (χ4v) is 5.37. The normalized spacial score (nSPS) is 21.3. The zero-order chi connectivity index (χ0) is 23.9. The van der Waals surface area contributed by atoms with Gasteiger partial charge in [0.1, 0.15) is 22.8 Å². The maximum atomic E-state index is 15.0. The van der Waals surface area contributed by atoms with Crippen LogP contribution in [-0.2, 0) is 11.3 Å². The lowest BCUT2D eigenvalue weighted by molar-refractivity contribution is -0.127. The van der Waals surface area contributed by atoms with Crippen molar-refractivity contribution in [1.82, 2.24) is 9.88 Å². The third-order valence-corrected chi connectivity index (χ3v) is 7.27. The first-order chi connectivity index (χ1) is 16.4. The molecule has 1 aliphatic heterocycles. The zero-order valence-electron chi connectivity index (χ0n) is 19.6. The van der Waals surface area contributed by atoms with Crippen LogP contribution in [0.15, 0.2) is 48.5 Å². The van der Waals surface area contributed by atoms with Crippen molar-refractivity contribution >= 4 is 28.4 Å². The van der Waals surface area contributed by atoms with E-state index in [9.17, 15) is 14.0 Å². The third-order valence-electron chi connectivity index (χ3n) is 7.27. The van der Waals surface area contributed by atoms with Crippen molar-refractivity contribution < 1.29 is 18.7 Å². The molecule has 1 saturated carbocycles. The van der Waals surface area contributed by atoms with Crippen molar-refractivity contribution in [2.75, 3.05) is 12.0 Å². The molecular formula is C27H30FN3O3. The summed E-state index contributed by atoms with van der Waals surface area (Å²) in [7, 11) is 1.59. The first-order valence-electron chi connectivity index (χ1n) is 12.0. The number of methoxy groups -OCH3 is 1. The third kappa shape index (κ3) is 3.73. The number of aromatic nitrogens is 1. The molecule has 7 heteroatoms. The number of halogens is 1. The Morgan fingerprint density at radius 1 is 1.09 bits per heavy atom. The number of fused-ring (bicyclic) bond motifs is 3. The molecule has 2 aromatic carbocycles. The number of amides is 2. The summed E-state index contributed by atoms with van der Waals surface area (Å²) >= 11 is 0. The van der Waals surface area contributed by atoms with Crippen LogP contribution in [0, 0.1) is 5.82 Å². The van der Waals surface area contributed by atoms with Gasteiger partial charge in [0.25, 0.3) is 5.91 Å². The van der Waals surface area contributed by atoms with Gasteiger partial charge in [-0.1, -0.05) is 37.8 Å². The molecule has 0 unspecified atom stereocenters. The number of carbonyl (C=O) groups is 2. The van der Waals surface area contributed by atoms with Gasteiger partial charge >= 0.3 is 0 Å². The summed E-state index contributed by atoms with van der Waals surface area (Å²) in [6.07, 6.45) is 6.33. The first kappa shape index (κ1) is 22.4. The second-order valence-electron chi connectivity index (χ2n) is 9.57. The topological polar surface area (TPSA) is 63.6 Å². The Balaban J connectivity index is 1.62. The van der Waals surface area contributed by atoms with Crippen molar-refractivity contribution in [2.45, 2.75) is 63.6 Å². The number of benzene rings is 2. The van der Waals surface area contributed by atoms with Crippen molar-refractivity contribution in [3.8, 4) is 5.75 Å². The van der Waals surface area contributed by atoms with Gasteiger partial charge in [-0.3, -0.25) is 14.5 Å². The SMILES string of the molecule is COc1ccc2cc3n(c2c1)C[C@@](C)(C(=O)NC1CCCCCC1)N(c1ccccc1F)C3=O. The maximum absolute atomic E-state index is 15.0. The predicted molar refractivity (Wildman–Crippen MR) is 130 cm³/mol. The highest BCUT2D eigenvalue weighted by atomic mass is 19.1. The largest absolute Gasteiger partial charge is 0.497 e. The fourth-order valence-electron chi connectivity index (χ4n) is 5.37. The number of nitrogens with zero attached hydrogens (tertiary/aromatic N) is 2. The second-order valence-corrected chi connectivity index (χ2v) is 9.57. The molecule has 34 heavy (non-hydrogen) atoms. The number of carbonyl (C=O) groups excluding carboxylic acids is 2. The van der Waals surface area contributed by atoms with E-state index in [-0.39, 0.29) is 24.2 Å².